The van der Waals surface area contributed by atoms with Gasteiger partial charge in [0, 0.05) is 47.7 Å². The summed E-state index contributed by atoms with van der Waals surface area (Å²) in [5.74, 6) is 1.05. The van der Waals surface area contributed by atoms with Crippen molar-refractivity contribution in [3.05, 3.63) is 65.6 Å². The van der Waals surface area contributed by atoms with Crippen molar-refractivity contribution in [1.82, 2.24) is 24.6 Å². The number of rotatable bonds is 4. The minimum Gasteiger partial charge on any atom is -0.493 e. The molecule has 0 spiro atoms. The van der Waals surface area contributed by atoms with Gasteiger partial charge in [-0.1, -0.05) is 0 Å². The van der Waals surface area contributed by atoms with E-state index in [2.05, 4.69) is 25.5 Å². The molecule has 0 radical (unpaired) electrons. The molecule has 1 aliphatic rings. The first kappa shape index (κ1) is 16.6. The monoisotopic (exact) mass is 376 g/mol. The van der Waals surface area contributed by atoms with Gasteiger partial charge < -0.3 is 10.1 Å². The second-order valence-electron chi connectivity index (χ2n) is 6.66. The molecular formula is C20H17FN6O. The molecular weight excluding hydrogens is 359 g/mol. The minimum absolute atomic E-state index is 0.249. The summed E-state index contributed by atoms with van der Waals surface area (Å²) >= 11 is 0. The summed E-state index contributed by atoms with van der Waals surface area (Å²) in [7, 11) is 0. The Morgan fingerprint density at radius 3 is 3.07 bits per heavy atom. The lowest BCUT2D eigenvalue weighted by Crippen LogP contribution is -2.09. The molecule has 8 heteroatoms. The second-order valence-corrected chi connectivity index (χ2v) is 6.66. The van der Waals surface area contributed by atoms with E-state index in [1.165, 1.54) is 6.07 Å². The molecule has 3 aromatic heterocycles. The summed E-state index contributed by atoms with van der Waals surface area (Å²) in [6, 6.07) is 7.01. The molecule has 140 valence electrons. The van der Waals surface area contributed by atoms with Gasteiger partial charge in [-0.15, -0.1) is 10.2 Å². The molecule has 0 fully saturated rings. The molecule has 0 saturated carbocycles. The van der Waals surface area contributed by atoms with Crippen LogP contribution >= 0.6 is 0 Å². The van der Waals surface area contributed by atoms with Gasteiger partial charge in [0.15, 0.2) is 5.65 Å². The third-order valence-corrected chi connectivity index (χ3v) is 4.90. The Morgan fingerprint density at radius 2 is 2.18 bits per heavy atom. The average Bonchev–Trinajstić information content (AvgIpc) is 3.36. The van der Waals surface area contributed by atoms with E-state index in [-0.39, 0.29) is 5.82 Å². The summed E-state index contributed by atoms with van der Waals surface area (Å²) in [5.41, 5.74) is 4.92. The summed E-state index contributed by atoms with van der Waals surface area (Å²) in [6.07, 6.45) is 5.80. The van der Waals surface area contributed by atoms with Gasteiger partial charge in [0.25, 0.3) is 0 Å². The van der Waals surface area contributed by atoms with E-state index < -0.39 is 0 Å². The van der Waals surface area contributed by atoms with Gasteiger partial charge in [0.05, 0.1) is 6.61 Å². The van der Waals surface area contributed by atoms with Gasteiger partial charge >= 0.3 is 0 Å². The van der Waals surface area contributed by atoms with Crippen LogP contribution in [0.15, 0.2) is 43.0 Å². The first-order valence-electron chi connectivity index (χ1n) is 8.99. The van der Waals surface area contributed by atoms with E-state index in [0.717, 1.165) is 28.1 Å². The van der Waals surface area contributed by atoms with E-state index in [4.69, 9.17) is 4.74 Å². The molecule has 1 aliphatic heterocycles. The lowest BCUT2D eigenvalue weighted by Gasteiger charge is -2.12. The van der Waals surface area contributed by atoms with Crippen molar-refractivity contribution in [3.8, 4) is 16.9 Å². The van der Waals surface area contributed by atoms with Gasteiger partial charge in [-0.2, -0.15) is 0 Å². The van der Waals surface area contributed by atoms with Crippen LogP contribution in [0.4, 0.5) is 10.3 Å². The van der Waals surface area contributed by atoms with Crippen LogP contribution in [0, 0.1) is 12.7 Å². The van der Waals surface area contributed by atoms with Crippen molar-refractivity contribution in [2.75, 3.05) is 11.9 Å². The number of aromatic nitrogens is 5. The van der Waals surface area contributed by atoms with Crippen molar-refractivity contribution in [2.45, 2.75) is 19.9 Å². The smallest absolute Gasteiger partial charge is 0.210 e. The number of anilines is 1. The van der Waals surface area contributed by atoms with E-state index in [1.54, 1.807) is 29.2 Å². The Kier molecular flexibility index (Phi) is 3.89. The first-order valence-corrected chi connectivity index (χ1v) is 8.99. The SMILES string of the molecule is Cc1cc(-c2cnc(NCc3c(F)ccc4c3CCO4)n3cnnc23)ccn1. The highest BCUT2D eigenvalue weighted by molar-refractivity contribution is 5.77. The average molecular weight is 376 g/mol. The van der Waals surface area contributed by atoms with Crippen LogP contribution in [-0.2, 0) is 13.0 Å². The molecule has 0 atom stereocenters. The van der Waals surface area contributed by atoms with Crippen LogP contribution in [0.25, 0.3) is 16.8 Å². The maximum atomic E-state index is 14.4. The number of ether oxygens (including phenoxy) is 1. The van der Waals surface area contributed by atoms with Crippen molar-refractivity contribution in [3.63, 3.8) is 0 Å². The van der Waals surface area contributed by atoms with Gasteiger partial charge in [-0.3, -0.25) is 9.38 Å². The summed E-state index contributed by atoms with van der Waals surface area (Å²) in [4.78, 5) is 8.75. The predicted molar refractivity (Wildman–Crippen MR) is 102 cm³/mol. The molecule has 0 saturated heterocycles. The zero-order valence-corrected chi connectivity index (χ0v) is 15.2. The zero-order valence-electron chi connectivity index (χ0n) is 15.2. The number of nitrogens with one attached hydrogen (secondary N) is 1. The second kappa shape index (κ2) is 6.56. The normalized spacial score (nSPS) is 12.8. The van der Waals surface area contributed by atoms with Gasteiger partial charge in [-0.25, -0.2) is 9.37 Å². The lowest BCUT2D eigenvalue weighted by atomic mass is 10.0. The molecule has 4 aromatic rings. The molecule has 0 unspecified atom stereocenters. The number of halogens is 1. The van der Waals surface area contributed by atoms with Crippen LogP contribution < -0.4 is 10.1 Å². The highest BCUT2D eigenvalue weighted by Crippen LogP contribution is 2.31. The van der Waals surface area contributed by atoms with Crippen LogP contribution in [0.2, 0.25) is 0 Å². The molecule has 1 N–H and O–H groups in total. The molecule has 0 aliphatic carbocycles. The molecule has 5 rings (SSSR count). The Morgan fingerprint density at radius 1 is 1.25 bits per heavy atom. The van der Waals surface area contributed by atoms with E-state index in [1.807, 2.05) is 19.1 Å². The van der Waals surface area contributed by atoms with Crippen LogP contribution in [0.1, 0.15) is 16.8 Å². The molecule has 4 heterocycles. The van der Waals surface area contributed by atoms with Crippen molar-refractivity contribution in [2.24, 2.45) is 0 Å². The number of nitrogens with zero attached hydrogens (tertiary/aromatic N) is 5. The van der Waals surface area contributed by atoms with Gasteiger partial charge in [0.2, 0.25) is 5.95 Å². The Balaban J connectivity index is 1.50. The molecule has 0 amide bonds. The number of benzene rings is 1. The fourth-order valence-electron chi connectivity index (χ4n) is 3.54. The Bertz CT molecular complexity index is 1190. The number of fused-ring (bicyclic) bond motifs is 2. The number of hydrogen-bond donors (Lipinski definition) is 1. The van der Waals surface area contributed by atoms with Crippen molar-refractivity contribution in [1.29, 1.82) is 0 Å². The topological polar surface area (TPSA) is 77.2 Å². The minimum atomic E-state index is -0.249. The van der Waals surface area contributed by atoms with E-state index in [0.29, 0.717) is 36.7 Å². The Labute approximate surface area is 160 Å². The zero-order chi connectivity index (χ0) is 19.1. The Hall–Kier alpha value is -3.55. The summed E-state index contributed by atoms with van der Waals surface area (Å²) in [6.45, 7) is 2.82. The number of hydrogen-bond acceptors (Lipinski definition) is 6. The quantitative estimate of drug-likeness (QED) is 0.589. The standard InChI is InChI=1S/C20H17FN6O/c1-12-8-13(4-6-22-12)15-9-23-20(27-11-25-26-19(15)27)24-10-16-14-5-7-28-18(14)3-2-17(16)21/h2-4,6,8-9,11H,5,7,10H2,1H3,(H,23,24). The molecule has 28 heavy (non-hydrogen) atoms. The molecule has 7 nitrogen and oxygen atoms in total. The fourth-order valence-corrected chi connectivity index (χ4v) is 3.54. The van der Waals surface area contributed by atoms with Gasteiger partial charge in [0.1, 0.15) is 17.9 Å². The van der Waals surface area contributed by atoms with Crippen LogP contribution in [0.3, 0.4) is 0 Å². The molecule has 1 aromatic carbocycles. The van der Waals surface area contributed by atoms with E-state index >= 15 is 0 Å². The van der Waals surface area contributed by atoms with Crippen LogP contribution in [-0.4, -0.2) is 31.2 Å². The fraction of sp³-hybridized carbons (Fsp3) is 0.200. The maximum Gasteiger partial charge on any atom is 0.210 e. The van der Waals surface area contributed by atoms with Crippen molar-refractivity contribution < 1.29 is 9.13 Å². The van der Waals surface area contributed by atoms with Crippen LogP contribution in [0.5, 0.6) is 5.75 Å². The maximum absolute atomic E-state index is 14.4. The predicted octanol–water partition coefficient (Wildman–Crippen LogP) is 3.18. The van der Waals surface area contributed by atoms with Gasteiger partial charge in [-0.05, 0) is 36.8 Å². The third kappa shape index (κ3) is 2.74. The lowest BCUT2D eigenvalue weighted by molar-refractivity contribution is 0.356. The molecule has 0 bridgehead atoms. The third-order valence-electron chi connectivity index (χ3n) is 4.90. The largest absolute Gasteiger partial charge is 0.493 e. The summed E-state index contributed by atoms with van der Waals surface area (Å²) in [5, 5.41) is 11.5. The highest BCUT2D eigenvalue weighted by atomic mass is 19.1. The van der Waals surface area contributed by atoms with Crippen molar-refractivity contribution >= 4 is 11.6 Å². The first-order chi connectivity index (χ1) is 13.7. The highest BCUT2D eigenvalue weighted by Gasteiger charge is 2.20. The summed E-state index contributed by atoms with van der Waals surface area (Å²) < 4.78 is 21.7. The van der Waals surface area contributed by atoms with E-state index in [9.17, 15) is 4.39 Å². The number of aryl methyl sites for hydroxylation is 1. The number of pyridine rings is 1.